The number of carboxylic acid groups (broad SMARTS) is 1. The number of carbonyl (C=O) groups is 3. The van der Waals surface area contributed by atoms with Crippen LogP contribution in [0.15, 0.2) is 0 Å². The molecule has 1 unspecified atom stereocenters. The predicted octanol–water partition coefficient (Wildman–Crippen LogP) is 1.07. The monoisotopic (exact) mass is 231 g/mol. The Morgan fingerprint density at radius 2 is 1.81 bits per heavy atom. The van der Waals surface area contributed by atoms with Gasteiger partial charge in [0.1, 0.15) is 0 Å². The highest BCUT2D eigenvalue weighted by Gasteiger charge is 2.05. The van der Waals surface area contributed by atoms with Crippen LogP contribution in [0.3, 0.4) is 0 Å². The van der Waals surface area contributed by atoms with Crippen molar-refractivity contribution >= 4 is 18.2 Å². The fourth-order valence-corrected chi connectivity index (χ4v) is 0.521. The van der Waals surface area contributed by atoms with Crippen LogP contribution in [0.1, 0.15) is 34.1 Å². The van der Waals surface area contributed by atoms with E-state index in [1.165, 1.54) is 0 Å². The Morgan fingerprint density at radius 3 is 2.00 bits per heavy atom. The number of Topliss-reactive ketones (excluding diaryl/α,β-unsaturated/α-hetero) is 1. The van der Waals surface area contributed by atoms with Crippen molar-refractivity contribution in [2.45, 2.75) is 34.1 Å². The smallest absolute Gasteiger partial charge is 0.306 e. The van der Waals surface area contributed by atoms with Crippen LogP contribution in [0.5, 0.6) is 0 Å². The second kappa shape index (κ2) is 10.1. The molecule has 0 heterocycles. The molecule has 0 aromatic heterocycles. The SMILES string of the molecule is CC(C)C(=O)CNC=O.CCC(C)C(=O)O. The summed E-state index contributed by atoms with van der Waals surface area (Å²) in [6, 6.07) is 0. The first-order valence-corrected chi connectivity index (χ1v) is 5.29. The summed E-state index contributed by atoms with van der Waals surface area (Å²) in [5.74, 6) is -0.818. The van der Waals surface area contributed by atoms with Gasteiger partial charge in [-0.1, -0.05) is 27.7 Å². The zero-order valence-corrected chi connectivity index (χ0v) is 10.3. The molecule has 0 radical (unpaired) electrons. The summed E-state index contributed by atoms with van der Waals surface area (Å²) in [6.07, 6.45) is 1.25. The third-order valence-electron chi connectivity index (χ3n) is 2.04. The predicted molar refractivity (Wildman–Crippen MR) is 61.0 cm³/mol. The number of nitrogens with one attached hydrogen (secondary N) is 1. The van der Waals surface area contributed by atoms with Crippen LogP contribution in [-0.4, -0.2) is 29.8 Å². The maximum Gasteiger partial charge on any atom is 0.306 e. The third-order valence-corrected chi connectivity index (χ3v) is 2.04. The van der Waals surface area contributed by atoms with Crippen molar-refractivity contribution in [1.82, 2.24) is 5.32 Å². The number of ketones is 1. The Labute approximate surface area is 96.2 Å². The van der Waals surface area contributed by atoms with Crippen molar-refractivity contribution in [3.8, 4) is 0 Å². The molecule has 0 saturated carbocycles. The topological polar surface area (TPSA) is 83.5 Å². The highest BCUT2D eigenvalue weighted by molar-refractivity contribution is 5.83. The van der Waals surface area contributed by atoms with Crippen molar-refractivity contribution in [3.05, 3.63) is 0 Å². The number of amides is 1. The minimum Gasteiger partial charge on any atom is -0.481 e. The number of carbonyl (C=O) groups excluding carboxylic acids is 2. The van der Waals surface area contributed by atoms with Crippen LogP contribution in [0.25, 0.3) is 0 Å². The van der Waals surface area contributed by atoms with E-state index in [2.05, 4.69) is 5.32 Å². The van der Waals surface area contributed by atoms with Gasteiger partial charge >= 0.3 is 5.97 Å². The molecule has 0 aliphatic heterocycles. The molecule has 0 bridgehead atoms. The quantitative estimate of drug-likeness (QED) is 0.670. The summed E-state index contributed by atoms with van der Waals surface area (Å²) >= 11 is 0. The van der Waals surface area contributed by atoms with E-state index >= 15 is 0 Å². The largest absolute Gasteiger partial charge is 0.481 e. The number of hydrogen-bond acceptors (Lipinski definition) is 3. The fraction of sp³-hybridized carbons (Fsp3) is 0.727. The van der Waals surface area contributed by atoms with E-state index in [0.29, 0.717) is 6.41 Å². The standard InChI is InChI=1S/C6H11NO2.C5H10O2/c1-5(2)6(9)3-7-4-8;1-3-4(2)5(6)7/h4-5H,3H2,1-2H3,(H,7,8);4H,3H2,1-2H3,(H,6,7). The molecule has 0 saturated heterocycles. The van der Waals surface area contributed by atoms with Gasteiger partial charge in [0.2, 0.25) is 6.41 Å². The highest BCUT2D eigenvalue weighted by Crippen LogP contribution is 1.97. The van der Waals surface area contributed by atoms with Crippen LogP contribution in [0.2, 0.25) is 0 Å². The average Bonchev–Trinajstić information content (AvgIpc) is 2.25. The lowest BCUT2D eigenvalue weighted by atomic mass is 10.1. The number of hydrogen-bond donors (Lipinski definition) is 2. The van der Waals surface area contributed by atoms with Crippen LogP contribution < -0.4 is 5.32 Å². The molecular formula is C11H21NO4. The maximum absolute atomic E-state index is 10.7. The Kier molecular flexibility index (Phi) is 10.8. The highest BCUT2D eigenvalue weighted by atomic mass is 16.4. The van der Waals surface area contributed by atoms with Gasteiger partial charge in [-0.05, 0) is 6.42 Å². The first-order valence-electron chi connectivity index (χ1n) is 5.29. The summed E-state index contributed by atoms with van der Waals surface area (Å²) in [6.45, 7) is 7.31. The van der Waals surface area contributed by atoms with Crippen molar-refractivity contribution in [2.24, 2.45) is 11.8 Å². The second-order valence-corrected chi connectivity index (χ2v) is 3.77. The van der Waals surface area contributed by atoms with E-state index in [9.17, 15) is 14.4 Å². The first-order chi connectivity index (χ1) is 7.36. The minimum absolute atomic E-state index is 0.0115. The van der Waals surface area contributed by atoms with E-state index in [0.717, 1.165) is 6.42 Å². The second-order valence-electron chi connectivity index (χ2n) is 3.77. The Bertz CT molecular complexity index is 226. The van der Waals surface area contributed by atoms with Gasteiger partial charge in [0.15, 0.2) is 5.78 Å². The molecule has 5 nitrogen and oxygen atoms in total. The Morgan fingerprint density at radius 1 is 1.31 bits per heavy atom. The molecule has 94 valence electrons. The zero-order chi connectivity index (χ0) is 13.1. The summed E-state index contributed by atoms with van der Waals surface area (Å²) < 4.78 is 0. The molecule has 0 rings (SSSR count). The lowest BCUT2D eigenvalue weighted by molar-refractivity contribution is -0.141. The molecule has 0 fully saturated rings. The zero-order valence-electron chi connectivity index (χ0n) is 10.3. The van der Waals surface area contributed by atoms with Crippen LogP contribution in [0, 0.1) is 11.8 Å². The van der Waals surface area contributed by atoms with Crippen LogP contribution in [0.4, 0.5) is 0 Å². The van der Waals surface area contributed by atoms with Gasteiger partial charge in [0, 0.05) is 5.92 Å². The molecule has 2 N–H and O–H groups in total. The minimum atomic E-state index is -0.706. The molecule has 1 atom stereocenters. The maximum atomic E-state index is 10.7. The van der Waals surface area contributed by atoms with Crippen molar-refractivity contribution in [2.75, 3.05) is 6.54 Å². The lowest BCUT2D eigenvalue weighted by Crippen LogP contribution is -2.24. The number of carboxylic acids is 1. The summed E-state index contributed by atoms with van der Waals surface area (Å²) in [4.78, 5) is 30.3. The van der Waals surface area contributed by atoms with Gasteiger partial charge in [-0.15, -0.1) is 0 Å². The molecule has 16 heavy (non-hydrogen) atoms. The van der Waals surface area contributed by atoms with E-state index < -0.39 is 5.97 Å². The first kappa shape index (κ1) is 17.0. The van der Waals surface area contributed by atoms with Gasteiger partial charge in [-0.25, -0.2) is 0 Å². The van der Waals surface area contributed by atoms with Crippen molar-refractivity contribution in [3.63, 3.8) is 0 Å². The fourth-order valence-electron chi connectivity index (χ4n) is 0.521. The molecule has 0 aromatic rings. The van der Waals surface area contributed by atoms with Gasteiger partial charge in [0.05, 0.1) is 12.5 Å². The summed E-state index contributed by atoms with van der Waals surface area (Å²) in [7, 11) is 0. The molecule has 0 aliphatic carbocycles. The Balaban J connectivity index is 0. The lowest BCUT2D eigenvalue weighted by Gasteiger charge is -2.00. The third kappa shape index (κ3) is 10.7. The van der Waals surface area contributed by atoms with Gasteiger partial charge in [-0.3, -0.25) is 14.4 Å². The van der Waals surface area contributed by atoms with Gasteiger partial charge < -0.3 is 10.4 Å². The molecular weight excluding hydrogens is 210 g/mol. The molecule has 0 spiro atoms. The van der Waals surface area contributed by atoms with E-state index in [-0.39, 0.29) is 24.2 Å². The number of aliphatic carboxylic acids is 1. The molecule has 1 amide bonds. The van der Waals surface area contributed by atoms with E-state index in [4.69, 9.17) is 5.11 Å². The van der Waals surface area contributed by atoms with Gasteiger partial charge in [0.25, 0.3) is 0 Å². The number of rotatable bonds is 6. The van der Waals surface area contributed by atoms with Crippen molar-refractivity contribution in [1.29, 1.82) is 0 Å². The van der Waals surface area contributed by atoms with E-state index in [1.807, 2.05) is 6.92 Å². The van der Waals surface area contributed by atoms with E-state index in [1.54, 1.807) is 20.8 Å². The van der Waals surface area contributed by atoms with Gasteiger partial charge in [-0.2, -0.15) is 0 Å². The van der Waals surface area contributed by atoms with Crippen LogP contribution >= 0.6 is 0 Å². The summed E-state index contributed by atoms with van der Waals surface area (Å²) in [5, 5.41) is 10.5. The van der Waals surface area contributed by atoms with Crippen LogP contribution in [-0.2, 0) is 14.4 Å². The molecule has 0 aromatic carbocycles. The summed E-state index contributed by atoms with van der Waals surface area (Å²) in [5.41, 5.74) is 0. The molecule has 5 heteroatoms. The van der Waals surface area contributed by atoms with Crippen molar-refractivity contribution < 1.29 is 19.5 Å². The Hall–Kier alpha value is -1.39. The average molecular weight is 231 g/mol. The normalized spacial score (nSPS) is 11.1. The molecule has 0 aliphatic rings.